The SMILES string of the molecule is CS(=O)(=O)c1cc(C(=O)N=c2sccn2Cc2ccccc2)ccc1Cl. The summed E-state index contributed by atoms with van der Waals surface area (Å²) in [6, 6.07) is 14.0. The monoisotopic (exact) mass is 406 g/mol. The third-order valence-corrected chi connectivity index (χ3v) is 6.00. The molecular weight excluding hydrogens is 392 g/mol. The van der Waals surface area contributed by atoms with E-state index in [9.17, 15) is 13.2 Å². The third kappa shape index (κ3) is 4.30. The molecule has 1 heterocycles. The van der Waals surface area contributed by atoms with E-state index >= 15 is 0 Å². The Labute approximate surface area is 160 Å². The molecule has 0 unspecified atom stereocenters. The Bertz CT molecular complexity index is 1120. The van der Waals surface area contributed by atoms with E-state index in [1.807, 2.05) is 46.5 Å². The fourth-order valence-electron chi connectivity index (χ4n) is 2.36. The van der Waals surface area contributed by atoms with Gasteiger partial charge in [0.25, 0.3) is 5.91 Å². The van der Waals surface area contributed by atoms with Gasteiger partial charge in [0.15, 0.2) is 14.6 Å². The molecule has 0 radical (unpaired) electrons. The minimum Gasteiger partial charge on any atom is -0.319 e. The summed E-state index contributed by atoms with van der Waals surface area (Å²) in [5, 5.41) is 1.93. The van der Waals surface area contributed by atoms with Crippen LogP contribution in [0, 0.1) is 0 Å². The lowest BCUT2D eigenvalue weighted by atomic mass is 10.2. The largest absolute Gasteiger partial charge is 0.319 e. The van der Waals surface area contributed by atoms with Crippen LogP contribution in [0.3, 0.4) is 0 Å². The first-order valence-corrected chi connectivity index (χ1v) is 10.8. The number of benzene rings is 2. The Morgan fingerprint density at radius 2 is 1.92 bits per heavy atom. The molecule has 0 saturated carbocycles. The van der Waals surface area contributed by atoms with E-state index < -0.39 is 15.7 Å². The molecule has 0 aliphatic rings. The molecule has 5 nitrogen and oxygen atoms in total. The van der Waals surface area contributed by atoms with Crippen molar-refractivity contribution in [2.75, 3.05) is 6.26 Å². The lowest BCUT2D eigenvalue weighted by molar-refractivity contribution is 0.0997. The lowest BCUT2D eigenvalue weighted by Crippen LogP contribution is -2.17. The topological polar surface area (TPSA) is 68.5 Å². The molecule has 0 aliphatic carbocycles. The summed E-state index contributed by atoms with van der Waals surface area (Å²) in [7, 11) is -3.53. The minimum absolute atomic E-state index is 0.0800. The van der Waals surface area contributed by atoms with Crippen LogP contribution in [0.4, 0.5) is 0 Å². The molecule has 134 valence electrons. The Balaban J connectivity index is 1.95. The summed E-state index contributed by atoms with van der Waals surface area (Å²) in [6.07, 6.45) is 2.90. The molecule has 0 bridgehead atoms. The van der Waals surface area contributed by atoms with E-state index in [-0.39, 0.29) is 15.5 Å². The molecule has 0 fully saturated rings. The third-order valence-electron chi connectivity index (χ3n) is 3.63. The van der Waals surface area contributed by atoms with Gasteiger partial charge in [0.1, 0.15) is 0 Å². The Morgan fingerprint density at radius 1 is 1.19 bits per heavy atom. The van der Waals surface area contributed by atoms with Crippen LogP contribution in [0.1, 0.15) is 15.9 Å². The van der Waals surface area contributed by atoms with Crippen LogP contribution in [0.25, 0.3) is 0 Å². The van der Waals surface area contributed by atoms with Gasteiger partial charge >= 0.3 is 0 Å². The van der Waals surface area contributed by atoms with E-state index in [2.05, 4.69) is 4.99 Å². The number of carbonyl (C=O) groups excluding carboxylic acids is 1. The Morgan fingerprint density at radius 3 is 2.62 bits per heavy atom. The lowest BCUT2D eigenvalue weighted by Gasteiger charge is -2.04. The number of sulfone groups is 1. The summed E-state index contributed by atoms with van der Waals surface area (Å²) in [5.41, 5.74) is 1.26. The Hall–Kier alpha value is -2.22. The van der Waals surface area contributed by atoms with E-state index in [1.165, 1.54) is 29.5 Å². The zero-order chi connectivity index (χ0) is 18.7. The van der Waals surface area contributed by atoms with E-state index in [4.69, 9.17) is 11.6 Å². The normalized spacial score (nSPS) is 12.3. The summed E-state index contributed by atoms with van der Waals surface area (Å²) in [5.74, 6) is -0.518. The van der Waals surface area contributed by atoms with Crippen LogP contribution < -0.4 is 4.80 Å². The number of aromatic nitrogens is 1. The highest BCUT2D eigenvalue weighted by Gasteiger charge is 2.15. The maximum absolute atomic E-state index is 12.5. The predicted molar refractivity (Wildman–Crippen MR) is 102 cm³/mol. The minimum atomic E-state index is -3.53. The highest BCUT2D eigenvalue weighted by molar-refractivity contribution is 7.90. The van der Waals surface area contributed by atoms with Gasteiger partial charge < -0.3 is 4.57 Å². The predicted octanol–water partition coefficient (Wildman–Crippen LogP) is 3.40. The van der Waals surface area contributed by atoms with Gasteiger partial charge in [-0.15, -0.1) is 11.3 Å². The maximum Gasteiger partial charge on any atom is 0.279 e. The molecule has 8 heteroatoms. The molecule has 1 aromatic heterocycles. The van der Waals surface area contributed by atoms with Crippen LogP contribution in [0.2, 0.25) is 5.02 Å². The number of halogens is 1. The average Bonchev–Trinajstić information content (AvgIpc) is 3.02. The quantitative estimate of drug-likeness (QED) is 0.666. The highest BCUT2D eigenvalue weighted by atomic mass is 35.5. The van der Waals surface area contributed by atoms with Crippen LogP contribution in [0.15, 0.2) is 70.0 Å². The van der Waals surface area contributed by atoms with Crippen molar-refractivity contribution in [1.29, 1.82) is 0 Å². The van der Waals surface area contributed by atoms with Gasteiger partial charge in [-0.05, 0) is 23.8 Å². The first kappa shape index (κ1) is 18.6. The molecule has 0 spiro atoms. The smallest absolute Gasteiger partial charge is 0.279 e. The van der Waals surface area contributed by atoms with E-state index in [1.54, 1.807) is 0 Å². The number of hydrogen-bond donors (Lipinski definition) is 0. The Kier molecular flexibility index (Phi) is 5.41. The number of thiazole rings is 1. The zero-order valence-electron chi connectivity index (χ0n) is 13.8. The van der Waals surface area contributed by atoms with Gasteiger partial charge in [-0.1, -0.05) is 41.9 Å². The molecule has 0 N–H and O–H groups in total. The van der Waals surface area contributed by atoms with Gasteiger partial charge in [-0.2, -0.15) is 4.99 Å². The fraction of sp³-hybridized carbons (Fsp3) is 0.111. The second-order valence-corrected chi connectivity index (χ2v) is 8.90. The van der Waals surface area contributed by atoms with Crippen LogP contribution in [-0.4, -0.2) is 25.1 Å². The van der Waals surface area contributed by atoms with Crippen molar-refractivity contribution in [2.24, 2.45) is 4.99 Å². The van der Waals surface area contributed by atoms with Crippen LogP contribution in [0.5, 0.6) is 0 Å². The zero-order valence-corrected chi connectivity index (χ0v) is 16.2. The van der Waals surface area contributed by atoms with Crippen molar-refractivity contribution in [3.8, 4) is 0 Å². The maximum atomic E-state index is 12.5. The second kappa shape index (κ2) is 7.57. The highest BCUT2D eigenvalue weighted by Crippen LogP contribution is 2.22. The van der Waals surface area contributed by atoms with E-state index in [0.717, 1.165) is 11.8 Å². The molecule has 0 atom stereocenters. The summed E-state index contributed by atoms with van der Waals surface area (Å²) in [6.45, 7) is 0.589. The molecule has 3 rings (SSSR count). The van der Waals surface area contributed by atoms with Crippen molar-refractivity contribution in [3.63, 3.8) is 0 Å². The number of nitrogens with zero attached hydrogens (tertiary/aromatic N) is 2. The second-order valence-electron chi connectivity index (χ2n) is 5.63. The summed E-state index contributed by atoms with van der Waals surface area (Å²) < 4.78 is 25.4. The van der Waals surface area contributed by atoms with Crippen molar-refractivity contribution >= 4 is 38.7 Å². The van der Waals surface area contributed by atoms with Crippen LogP contribution in [-0.2, 0) is 16.4 Å². The molecular formula is C18H15ClN2O3S2. The standard InChI is InChI=1S/C18H15ClN2O3S2/c1-26(23,24)16-11-14(7-8-15(16)19)17(22)20-18-21(9-10-25-18)12-13-5-3-2-4-6-13/h2-11H,12H2,1H3. The van der Waals surface area contributed by atoms with Crippen molar-refractivity contribution in [3.05, 3.63) is 81.1 Å². The number of rotatable bonds is 4. The van der Waals surface area contributed by atoms with Gasteiger partial charge in [-0.3, -0.25) is 4.79 Å². The fourth-order valence-corrected chi connectivity index (χ4v) is 4.39. The molecule has 0 saturated heterocycles. The van der Waals surface area contributed by atoms with Gasteiger partial charge in [0.05, 0.1) is 9.92 Å². The molecule has 26 heavy (non-hydrogen) atoms. The number of carbonyl (C=O) groups is 1. The van der Waals surface area contributed by atoms with Gasteiger partial charge in [0.2, 0.25) is 0 Å². The molecule has 1 amide bonds. The van der Waals surface area contributed by atoms with Crippen molar-refractivity contribution in [1.82, 2.24) is 4.57 Å². The number of hydrogen-bond acceptors (Lipinski definition) is 4. The molecule has 3 aromatic rings. The van der Waals surface area contributed by atoms with Crippen LogP contribution >= 0.6 is 22.9 Å². The average molecular weight is 407 g/mol. The first-order valence-electron chi connectivity index (χ1n) is 7.61. The molecule has 2 aromatic carbocycles. The summed E-state index contributed by atoms with van der Waals surface area (Å²) >= 11 is 7.26. The molecule has 0 aliphatic heterocycles. The summed E-state index contributed by atoms with van der Waals surface area (Å²) in [4.78, 5) is 17.1. The first-order chi connectivity index (χ1) is 12.3. The van der Waals surface area contributed by atoms with E-state index in [0.29, 0.717) is 11.3 Å². The van der Waals surface area contributed by atoms with Crippen molar-refractivity contribution < 1.29 is 13.2 Å². The van der Waals surface area contributed by atoms with Gasteiger partial charge in [0, 0.05) is 29.9 Å². The van der Waals surface area contributed by atoms with Gasteiger partial charge in [-0.25, -0.2) is 8.42 Å². The van der Waals surface area contributed by atoms with Crippen molar-refractivity contribution in [2.45, 2.75) is 11.4 Å². The number of amides is 1.